The summed E-state index contributed by atoms with van der Waals surface area (Å²) in [5.74, 6) is 2.40. The maximum absolute atomic E-state index is 8.87. The SMILES string of the molecule is CNC1CC(C)CC(C)C1CN(C)CCCO. The van der Waals surface area contributed by atoms with Crippen LogP contribution in [0.5, 0.6) is 0 Å². The Hall–Kier alpha value is -0.120. The lowest BCUT2D eigenvalue weighted by Crippen LogP contribution is -2.47. The maximum atomic E-state index is 8.87. The van der Waals surface area contributed by atoms with Crippen molar-refractivity contribution in [2.45, 2.75) is 39.2 Å². The number of hydrogen-bond donors (Lipinski definition) is 2. The molecule has 3 nitrogen and oxygen atoms in total. The second kappa shape index (κ2) is 7.34. The lowest BCUT2D eigenvalue weighted by atomic mass is 9.72. The monoisotopic (exact) mass is 242 g/mol. The average molecular weight is 242 g/mol. The molecule has 0 saturated heterocycles. The Balaban J connectivity index is 2.47. The molecular formula is C14H30N2O. The van der Waals surface area contributed by atoms with Crippen molar-refractivity contribution in [2.24, 2.45) is 17.8 Å². The van der Waals surface area contributed by atoms with Gasteiger partial charge in [0.2, 0.25) is 0 Å². The first-order chi connectivity index (χ1) is 8.08. The topological polar surface area (TPSA) is 35.5 Å². The second-order valence-corrected chi connectivity index (χ2v) is 5.95. The van der Waals surface area contributed by atoms with E-state index in [0.29, 0.717) is 12.6 Å². The van der Waals surface area contributed by atoms with Crippen molar-refractivity contribution in [3.05, 3.63) is 0 Å². The lowest BCUT2D eigenvalue weighted by molar-refractivity contribution is 0.112. The van der Waals surface area contributed by atoms with Crippen LogP contribution in [0.1, 0.15) is 33.1 Å². The van der Waals surface area contributed by atoms with Crippen LogP contribution in [0.15, 0.2) is 0 Å². The van der Waals surface area contributed by atoms with Crippen molar-refractivity contribution in [1.82, 2.24) is 10.2 Å². The van der Waals surface area contributed by atoms with Crippen molar-refractivity contribution in [1.29, 1.82) is 0 Å². The fraction of sp³-hybridized carbons (Fsp3) is 1.00. The van der Waals surface area contributed by atoms with Crippen LogP contribution in [-0.2, 0) is 0 Å². The van der Waals surface area contributed by atoms with E-state index in [2.05, 4.69) is 38.2 Å². The Morgan fingerprint density at radius 2 is 2.00 bits per heavy atom. The van der Waals surface area contributed by atoms with Gasteiger partial charge in [-0.2, -0.15) is 0 Å². The number of aliphatic hydroxyl groups is 1. The molecule has 2 N–H and O–H groups in total. The Bertz CT molecular complexity index is 210. The molecule has 0 aromatic carbocycles. The average Bonchev–Trinajstić information content (AvgIpc) is 2.29. The highest BCUT2D eigenvalue weighted by Gasteiger charge is 2.33. The van der Waals surface area contributed by atoms with E-state index in [4.69, 9.17) is 5.11 Å². The molecule has 4 unspecified atom stereocenters. The Morgan fingerprint density at radius 3 is 2.59 bits per heavy atom. The molecule has 17 heavy (non-hydrogen) atoms. The van der Waals surface area contributed by atoms with Crippen molar-refractivity contribution in [3.8, 4) is 0 Å². The van der Waals surface area contributed by atoms with Crippen LogP contribution in [0, 0.1) is 17.8 Å². The van der Waals surface area contributed by atoms with E-state index in [-0.39, 0.29) is 0 Å². The summed E-state index contributed by atoms with van der Waals surface area (Å²) in [5, 5.41) is 12.4. The molecule has 0 aromatic heterocycles. The Morgan fingerprint density at radius 1 is 1.29 bits per heavy atom. The zero-order chi connectivity index (χ0) is 12.8. The molecule has 0 heterocycles. The third-order valence-corrected chi connectivity index (χ3v) is 4.27. The summed E-state index contributed by atoms with van der Waals surface area (Å²) < 4.78 is 0. The van der Waals surface area contributed by atoms with Gasteiger partial charge in [0.1, 0.15) is 0 Å². The van der Waals surface area contributed by atoms with Crippen LogP contribution in [0.25, 0.3) is 0 Å². The molecule has 0 aliphatic heterocycles. The minimum absolute atomic E-state index is 0.303. The summed E-state index contributed by atoms with van der Waals surface area (Å²) in [5.41, 5.74) is 0. The fourth-order valence-electron chi connectivity index (χ4n) is 3.34. The number of nitrogens with zero attached hydrogens (tertiary/aromatic N) is 1. The molecule has 1 saturated carbocycles. The van der Waals surface area contributed by atoms with Crippen LogP contribution < -0.4 is 5.32 Å². The van der Waals surface area contributed by atoms with Gasteiger partial charge in [0.15, 0.2) is 0 Å². The predicted molar refractivity (Wildman–Crippen MR) is 73.1 cm³/mol. The van der Waals surface area contributed by atoms with Gasteiger partial charge < -0.3 is 15.3 Å². The minimum atomic E-state index is 0.303. The molecule has 0 amide bonds. The van der Waals surface area contributed by atoms with Crippen LogP contribution in [-0.4, -0.2) is 49.8 Å². The highest BCUT2D eigenvalue weighted by molar-refractivity contribution is 4.88. The van der Waals surface area contributed by atoms with Gasteiger partial charge in [-0.05, 0) is 51.1 Å². The molecule has 1 fully saturated rings. The van der Waals surface area contributed by atoms with E-state index in [1.165, 1.54) is 12.8 Å². The third-order valence-electron chi connectivity index (χ3n) is 4.27. The van der Waals surface area contributed by atoms with Crippen molar-refractivity contribution in [3.63, 3.8) is 0 Å². The Kier molecular flexibility index (Phi) is 6.45. The summed E-state index contributed by atoms with van der Waals surface area (Å²) in [4.78, 5) is 2.37. The van der Waals surface area contributed by atoms with Crippen molar-refractivity contribution >= 4 is 0 Å². The normalized spacial score (nSPS) is 34.2. The van der Waals surface area contributed by atoms with E-state index >= 15 is 0 Å². The van der Waals surface area contributed by atoms with E-state index in [0.717, 1.165) is 37.3 Å². The molecule has 3 heteroatoms. The van der Waals surface area contributed by atoms with Gasteiger partial charge in [-0.3, -0.25) is 0 Å². The summed E-state index contributed by atoms with van der Waals surface area (Å²) >= 11 is 0. The first-order valence-electron chi connectivity index (χ1n) is 7.05. The first-order valence-corrected chi connectivity index (χ1v) is 7.05. The molecule has 1 aliphatic rings. The highest BCUT2D eigenvalue weighted by atomic mass is 16.3. The molecule has 0 bridgehead atoms. The molecule has 1 aliphatic carbocycles. The lowest BCUT2D eigenvalue weighted by Gasteiger charge is -2.41. The Labute approximate surface area is 107 Å². The van der Waals surface area contributed by atoms with Gasteiger partial charge in [0.05, 0.1) is 0 Å². The zero-order valence-electron chi connectivity index (χ0n) is 11.9. The number of aliphatic hydroxyl groups excluding tert-OH is 1. The van der Waals surface area contributed by atoms with Gasteiger partial charge in [0, 0.05) is 25.7 Å². The largest absolute Gasteiger partial charge is 0.396 e. The van der Waals surface area contributed by atoms with Crippen molar-refractivity contribution in [2.75, 3.05) is 33.8 Å². The zero-order valence-corrected chi connectivity index (χ0v) is 11.9. The molecule has 102 valence electrons. The summed E-state index contributed by atoms with van der Waals surface area (Å²) in [6.07, 6.45) is 3.55. The molecule has 4 atom stereocenters. The van der Waals surface area contributed by atoms with Crippen LogP contribution >= 0.6 is 0 Å². The standard InChI is InChI=1S/C14H30N2O/c1-11-8-12(2)13(14(9-11)15-3)10-16(4)6-5-7-17/h11-15,17H,5-10H2,1-4H3. The van der Waals surface area contributed by atoms with Crippen molar-refractivity contribution < 1.29 is 5.11 Å². The summed E-state index contributed by atoms with van der Waals surface area (Å²) in [6.45, 7) is 7.22. The number of rotatable bonds is 6. The van der Waals surface area contributed by atoms with Gasteiger partial charge >= 0.3 is 0 Å². The van der Waals surface area contributed by atoms with Gasteiger partial charge in [-0.25, -0.2) is 0 Å². The van der Waals surface area contributed by atoms with E-state index < -0.39 is 0 Å². The summed E-state index contributed by atoms with van der Waals surface area (Å²) in [6, 6.07) is 0.658. The van der Waals surface area contributed by atoms with Gasteiger partial charge in [0.25, 0.3) is 0 Å². The van der Waals surface area contributed by atoms with Crippen LogP contribution in [0.2, 0.25) is 0 Å². The molecule has 1 rings (SSSR count). The third kappa shape index (κ3) is 4.57. The van der Waals surface area contributed by atoms with E-state index in [9.17, 15) is 0 Å². The van der Waals surface area contributed by atoms with Crippen LogP contribution in [0.4, 0.5) is 0 Å². The van der Waals surface area contributed by atoms with E-state index in [1.807, 2.05) is 0 Å². The number of hydrogen-bond acceptors (Lipinski definition) is 3. The van der Waals surface area contributed by atoms with Gasteiger partial charge in [-0.15, -0.1) is 0 Å². The fourth-order valence-corrected chi connectivity index (χ4v) is 3.34. The first kappa shape index (κ1) is 14.9. The second-order valence-electron chi connectivity index (χ2n) is 5.95. The number of nitrogens with one attached hydrogen (secondary N) is 1. The molecule has 0 aromatic rings. The van der Waals surface area contributed by atoms with Crippen LogP contribution in [0.3, 0.4) is 0 Å². The van der Waals surface area contributed by atoms with E-state index in [1.54, 1.807) is 0 Å². The smallest absolute Gasteiger partial charge is 0.0443 e. The molecule has 0 spiro atoms. The highest BCUT2D eigenvalue weighted by Crippen LogP contribution is 2.34. The molecule has 0 radical (unpaired) electrons. The maximum Gasteiger partial charge on any atom is 0.0443 e. The summed E-state index contributed by atoms with van der Waals surface area (Å²) in [7, 11) is 4.27. The molecular weight excluding hydrogens is 212 g/mol. The quantitative estimate of drug-likeness (QED) is 0.742. The minimum Gasteiger partial charge on any atom is -0.396 e. The predicted octanol–water partition coefficient (Wildman–Crippen LogP) is 1.57. The van der Waals surface area contributed by atoms with Gasteiger partial charge in [-0.1, -0.05) is 13.8 Å².